The fourth-order valence-corrected chi connectivity index (χ4v) is 4.90. The van der Waals surface area contributed by atoms with E-state index in [9.17, 15) is 0 Å². The van der Waals surface area contributed by atoms with E-state index in [4.69, 9.17) is 4.74 Å². The SMILES string of the molecule is CNCC1CC(Oc2nc[n+](C)c3sc4c(c23)CCC4)C1. The van der Waals surface area contributed by atoms with Crippen molar-refractivity contribution < 1.29 is 9.30 Å². The van der Waals surface area contributed by atoms with Gasteiger partial charge in [-0.1, -0.05) is 11.3 Å². The molecule has 1 N–H and O–H groups in total. The fourth-order valence-electron chi connectivity index (χ4n) is 3.59. The second-order valence-electron chi connectivity index (χ2n) is 6.33. The Balaban J connectivity index is 1.62. The topological polar surface area (TPSA) is 38.0 Å². The molecule has 0 saturated heterocycles. The Bertz CT molecular complexity index is 676. The zero-order valence-electron chi connectivity index (χ0n) is 12.7. The number of nitrogens with zero attached hydrogens (tertiary/aromatic N) is 2. The molecule has 0 bridgehead atoms. The van der Waals surface area contributed by atoms with Crippen molar-refractivity contribution in [2.45, 2.75) is 38.2 Å². The van der Waals surface area contributed by atoms with Gasteiger partial charge in [0, 0.05) is 4.88 Å². The Morgan fingerprint density at radius 1 is 1.43 bits per heavy atom. The van der Waals surface area contributed by atoms with Crippen LogP contribution in [0.15, 0.2) is 6.33 Å². The van der Waals surface area contributed by atoms with Gasteiger partial charge >= 0.3 is 5.88 Å². The van der Waals surface area contributed by atoms with Gasteiger partial charge in [-0.2, -0.15) is 0 Å². The molecule has 0 unspecified atom stereocenters. The number of fused-ring (bicyclic) bond motifs is 3. The Hall–Kier alpha value is -1.20. The Labute approximate surface area is 129 Å². The van der Waals surface area contributed by atoms with Crippen molar-refractivity contribution in [3.05, 3.63) is 16.8 Å². The Morgan fingerprint density at radius 3 is 3.10 bits per heavy atom. The van der Waals surface area contributed by atoms with E-state index >= 15 is 0 Å². The largest absolute Gasteiger partial charge is 0.456 e. The van der Waals surface area contributed by atoms with E-state index in [0.29, 0.717) is 6.10 Å². The minimum absolute atomic E-state index is 0.351. The molecule has 0 aliphatic heterocycles. The molecule has 5 heteroatoms. The smallest absolute Gasteiger partial charge is 0.341 e. The zero-order chi connectivity index (χ0) is 14.4. The molecule has 2 aromatic rings. The summed E-state index contributed by atoms with van der Waals surface area (Å²) in [5.41, 5.74) is 1.50. The number of aryl methyl sites for hydroxylation is 3. The highest BCUT2D eigenvalue weighted by Crippen LogP contribution is 2.40. The highest BCUT2D eigenvalue weighted by Gasteiger charge is 2.34. The van der Waals surface area contributed by atoms with Gasteiger partial charge in [0.05, 0.1) is 7.05 Å². The number of rotatable bonds is 4. The molecular weight excluding hydrogens is 282 g/mol. The van der Waals surface area contributed by atoms with E-state index in [-0.39, 0.29) is 0 Å². The summed E-state index contributed by atoms with van der Waals surface area (Å²) in [5.74, 6) is 1.64. The van der Waals surface area contributed by atoms with Crippen LogP contribution in [0.5, 0.6) is 5.88 Å². The average Bonchev–Trinajstić information content (AvgIpc) is 3.00. The van der Waals surface area contributed by atoms with E-state index in [0.717, 1.165) is 31.2 Å². The van der Waals surface area contributed by atoms with Crippen molar-refractivity contribution in [1.29, 1.82) is 0 Å². The van der Waals surface area contributed by atoms with Crippen molar-refractivity contribution in [2.75, 3.05) is 13.6 Å². The summed E-state index contributed by atoms with van der Waals surface area (Å²) in [6, 6.07) is 0. The molecule has 2 aliphatic rings. The molecule has 0 atom stereocenters. The van der Waals surface area contributed by atoms with Gasteiger partial charge in [-0.05, 0) is 62.2 Å². The summed E-state index contributed by atoms with van der Waals surface area (Å²) in [6.07, 6.45) is 8.24. The third-order valence-electron chi connectivity index (χ3n) is 4.75. The van der Waals surface area contributed by atoms with Crippen molar-refractivity contribution in [3.8, 4) is 5.88 Å². The Morgan fingerprint density at radius 2 is 2.29 bits per heavy atom. The molecule has 2 aromatic heterocycles. The minimum Gasteiger partial charge on any atom is -0.456 e. The van der Waals surface area contributed by atoms with Crippen LogP contribution in [0.1, 0.15) is 29.7 Å². The highest BCUT2D eigenvalue weighted by atomic mass is 32.1. The average molecular weight is 304 g/mol. The zero-order valence-corrected chi connectivity index (χ0v) is 13.5. The Kier molecular flexibility index (Phi) is 3.34. The molecule has 0 spiro atoms. The van der Waals surface area contributed by atoms with E-state index in [1.54, 1.807) is 4.88 Å². The normalized spacial score (nSPS) is 24.1. The van der Waals surface area contributed by atoms with Crippen molar-refractivity contribution in [1.82, 2.24) is 10.3 Å². The molecule has 21 heavy (non-hydrogen) atoms. The maximum absolute atomic E-state index is 6.23. The lowest BCUT2D eigenvalue weighted by molar-refractivity contribution is -0.646. The summed E-state index contributed by atoms with van der Waals surface area (Å²) in [6.45, 7) is 1.10. The number of nitrogens with one attached hydrogen (secondary N) is 1. The van der Waals surface area contributed by atoms with Gasteiger partial charge in [0.1, 0.15) is 11.5 Å². The maximum Gasteiger partial charge on any atom is 0.341 e. The van der Waals surface area contributed by atoms with Crippen LogP contribution < -0.4 is 14.6 Å². The van der Waals surface area contributed by atoms with Gasteiger partial charge in [0.2, 0.25) is 0 Å². The van der Waals surface area contributed by atoms with Crippen molar-refractivity contribution in [3.63, 3.8) is 0 Å². The molecular formula is C16H22N3OS+. The van der Waals surface area contributed by atoms with Crippen molar-refractivity contribution >= 4 is 21.6 Å². The summed E-state index contributed by atoms with van der Waals surface area (Å²) in [4.78, 5) is 7.44. The molecule has 112 valence electrons. The highest BCUT2D eigenvalue weighted by molar-refractivity contribution is 7.18. The summed E-state index contributed by atoms with van der Waals surface area (Å²) < 4.78 is 8.37. The van der Waals surface area contributed by atoms with Gasteiger partial charge in [0.15, 0.2) is 4.83 Å². The van der Waals surface area contributed by atoms with Crippen LogP contribution in [0.25, 0.3) is 10.2 Å². The predicted molar refractivity (Wildman–Crippen MR) is 83.9 cm³/mol. The van der Waals surface area contributed by atoms with Crippen LogP contribution >= 0.6 is 11.3 Å². The lowest BCUT2D eigenvalue weighted by Crippen LogP contribution is -2.39. The van der Waals surface area contributed by atoms with Crippen LogP contribution in [0, 0.1) is 5.92 Å². The van der Waals surface area contributed by atoms with Crippen LogP contribution in [0.4, 0.5) is 0 Å². The summed E-state index contributed by atoms with van der Waals surface area (Å²) in [7, 11) is 4.10. The third kappa shape index (κ3) is 2.23. The summed E-state index contributed by atoms with van der Waals surface area (Å²) >= 11 is 1.92. The molecule has 1 saturated carbocycles. The van der Waals surface area contributed by atoms with Crippen molar-refractivity contribution in [2.24, 2.45) is 13.0 Å². The van der Waals surface area contributed by atoms with E-state index in [1.807, 2.05) is 24.7 Å². The number of hydrogen-bond donors (Lipinski definition) is 1. The minimum atomic E-state index is 0.351. The number of ether oxygens (including phenoxy) is 1. The number of aromatic nitrogens is 2. The molecule has 2 aliphatic carbocycles. The third-order valence-corrected chi connectivity index (χ3v) is 6.13. The molecule has 2 heterocycles. The first-order chi connectivity index (χ1) is 10.3. The lowest BCUT2D eigenvalue weighted by Gasteiger charge is -2.34. The van der Waals surface area contributed by atoms with Gasteiger partial charge < -0.3 is 10.1 Å². The molecule has 0 amide bonds. The summed E-state index contributed by atoms with van der Waals surface area (Å²) in [5, 5.41) is 4.53. The van der Waals surface area contributed by atoms with E-state index < -0.39 is 0 Å². The molecule has 4 nitrogen and oxygen atoms in total. The lowest BCUT2D eigenvalue weighted by atomic mass is 9.82. The fraction of sp³-hybridized carbons (Fsp3) is 0.625. The molecule has 0 radical (unpaired) electrons. The van der Waals surface area contributed by atoms with E-state index in [1.165, 1.54) is 35.0 Å². The van der Waals surface area contributed by atoms with Crippen LogP contribution in [0.2, 0.25) is 0 Å². The van der Waals surface area contributed by atoms with Crippen LogP contribution in [-0.2, 0) is 19.9 Å². The van der Waals surface area contributed by atoms with Gasteiger partial charge in [-0.25, -0.2) is 4.57 Å². The second-order valence-corrected chi connectivity index (χ2v) is 7.42. The number of thiophene rings is 1. The number of hydrogen-bond acceptors (Lipinski definition) is 4. The van der Waals surface area contributed by atoms with E-state index in [2.05, 4.69) is 21.9 Å². The maximum atomic E-state index is 6.23. The first-order valence-corrected chi connectivity index (χ1v) is 8.68. The van der Waals surface area contributed by atoms with Gasteiger partial charge in [-0.15, -0.1) is 0 Å². The molecule has 4 rings (SSSR count). The molecule has 0 aromatic carbocycles. The molecule has 1 fully saturated rings. The predicted octanol–water partition coefficient (Wildman–Crippen LogP) is 1.99. The standard InChI is InChI=1S/C16H22N3OS/c1-17-8-10-6-11(7-10)20-15-14-12-4-3-5-13(12)21-16(14)19(2)9-18-15/h9-11,17H,3-8H2,1-2H3/q+1. The quantitative estimate of drug-likeness (QED) is 0.878. The van der Waals surface area contributed by atoms with Gasteiger partial charge in [0.25, 0.3) is 6.33 Å². The second kappa shape index (κ2) is 5.21. The van der Waals surface area contributed by atoms with Crippen LogP contribution in [0.3, 0.4) is 0 Å². The van der Waals surface area contributed by atoms with Gasteiger partial charge in [-0.3, -0.25) is 0 Å². The first-order valence-electron chi connectivity index (χ1n) is 7.86. The van der Waals surface area contributed by atoms with Crippen LogP contribution in [-0.4, -0.2) is 24.7 Å². The monoisotopic (exact) mass is 304 g/mol. The first kappa shape index (κ1) is 13.5.